The Morgan fingerprint density at radius 2 is 1.88 bits per heavy atom. The number of halogens is 1. The Labute approximate surface area is 163 Å². The van der Waals surface area contributed by atoms with E-state index >= 15 is 0 Å². The van der Waals surface area contributed by atoms with Crippen molar-refractivity contribution in [1.82, 2.24) is 0 Å². The van der Waals surface area contributed by atoms with Gasteiger partial charge in [-0.05, 0) is 30.7 Å². The van der Waals surface area contributed by atoms with Gasteiger partial charge in [-0.1, -0.05) is 59.3 Å². The van der Waals surface area contributed by atoms with Crippen LogP contribution in [0, 0.1) is 6.92 Å². The maximum absolute atomic E-state index is 12.1. The number of rotatable bonds is 3. The lowest BCUT2D eigenvalue weighted by Crippen LogP contribution is -2.39. The van der Waals surface area contributed by atoms with Crippen LogP contribution in [0.4, 0.5) is 5.69 Å². The summed E-state index contributed by atoms with van der Waals surface area (Å²) in [6.45, 7) is 2.04. The number of aryl methyl sites for hydroxylation is 1. The molecular weight excluding hydrogens is 388 g/mol. The molecule has 0 unspecified atom stereocenters. The van der Waals surface area contributed by atoms with Gasteiger partial charge in [0.15, 0.2) is 15.0 Å². The highest BCUT2D eigenvalue weighted by atomic mass is 35.5. The molecule has 2 aromatic rings. The average molecular weight is 407 g/mol. The van der Waals surface area contributed by atoms with E-state index in [0.29, 0.717) is 5.75 Å². The molecule has 2 aliphatic heterocycles. The molecule has 2 heterocycles. The average Bonchev–Trinajstić information content (AvgIpc) is 3.06. The minimum absolute atomic E-state index is 0.114. The Balaban J connectivity index is 1.63. The third-order valence-electron chi connectivity index (χ3n) is 4.73. The van der Waals surface area contributed by atoms with Gasteiger partial charge in [0.25, 0.3) is 0 Å². The van der Waals surface area contributed by atoms with Gasteiger partial charge in [-0.2, -0.15) is 0 Å². The molecule has 4 nitrogen and oxygen atoms in total. The zero-order valence-electron chi connectivity index (χ0n) is 14.3. The number of fused-ring (bicyclic) bond motifs is 1. The second-order valence-electron chi connectivity index (χ2n) is 6.71. The Bertz CT molecular complexity index is 958. The van der Waals surface area contributed by atoms with E-state index in [0.717, 1.165) is 21.4 Å². The van der Waals surface area contributed by atoms with E-state index < -0.39 is 9.84 Å². The highest BCUT2D eigenvalue weighted by Gasteiger charge is 2.47. The van der Waals surface area contributed by atoms with Gasteiger partial charge in [0.2, 0.25) is 0 Å². The summed E-state index contributed by atoms with van der Waals surface area (Å²) in [5.41, 5.74) is 3.21. The number of sulfone groups is 1. The molecule has 0 aliphatic carbocycles. The summed E-state index contributed by atoms with van der Waals surface area (Å²) >= 11 is 7.88. The van der Waals surface area contributed by atoms with Crippen LogP contribution in [-0.2, 0) is 15.6 Å². The van der Waals surface area contributed by atoms with Crippen LogP contribution in [0.5, 0.6) is 0 Å². The van der Waals surface area contributed by atoms with Gasteiger partial charge in [-0.25, -0.2) is 8.42 Å². The van der Waals surface area contributed by atoms with Gasteiger partial charge < -0.3 is 4.90 Å². The standard InChI is InChI=1S/C19H19ClN2O2S2/c1-13-6-8-15(9-7-13)22-18-12-26(23,24)11-17(18)21-19(22)25-10-14-4-2-3-5-16(14)20/h2-9,17-18H,10-12H2,1H3/t17-,18-/m1/s1. The van der Waals surface area contributed by atoms with Crippen LogP contribution in [0.3, 0.4) is 0 Å². The van der Waals surface area contributed by atoms with Crippen molar-refractivity contribution in [1.29, 1.82) is 0 Å². The normalized spacial score (nSPS) is 23.8. The molecule has 0 amide bonds. The molecule has 0 N–H and O–H groups in total. The molecule has 0 bridgehead atoms. The summed E-state index contributed by atoms with van der Waals surface area (Å²) in [6, 6.07) is 15.6. The van der Waals surface area contributed by atoms with E-state index in [9.17, 15) is 8.42 Å². The first-order chi connectivity index (χ1) is 12.4. The second kappa shape index (κ2) is 6.91. The Morgan fingerprint density at radius 3 is 2.62 bits per heavy atom. The fourth-order valence-corrected chi connectivity index (χ4v) is 6.65. The fourth-order valence-electron chi connectivity index (χ4n) is 3.40. The topological polar surface area (TPSA) is 49.7 Å². The van der Waals surface area contributed by atoms with Gasteiger partial charge in [-0.3, -0.25) is 4.99 Å². The van der Waals surface area contributed by atoms with Crippen molar-refractivity contribution in [2.45, 2.75) is 24.8 Å². The van der Waals surface area contributed by atoms with Crippen molar-refractivity contribution in [3.05, 3.63) is 64.7 Å². The van der Waals surface area contributed by atoms with Crippen molar-refractivity contribution in [2.75, 3.05) is 16.4 Å². The molecule has 1 fully saturated rings. The molecule has 4 rings (SSSR count). The van der Waals surface area contributed by atoms with Crippen LogP contribution < -0.4 is 4.90 Å². The van der Waals surface area contributed by atoms with Crippen molar-refractivity contribution < 1.29 is 8.42 Å². The van der Waals surface area contributed by atoms with E-state index in [-0.39, 0.29) is 23.6 Å². The molecule has 0 radical (unpaired) electrons. The summed E-state index contributed by atoms with van der Waals surface area (Å²) in [4.78, 5) is 6.85. The molecular formula is C19H19ClN2O2S2. The predicted molar refractivity (Wildman–Crippen MR) is 110 cm³/mol. The number of anilines is 1. The number of nitrogens with zero attached hydrogens (tertiary/aromatic N) is 2. The third kappa shape index (κ3) is 3.50. The number of thioether (sulfide) groups is 1. The smallest absolute Gasteiger partial charge is 0.164 e. The van der Waals surface area contributed by atoms with E-state index in [1.165, 1.54) is 5.56 Å². The number of hydrogen-bond acceptors (Lipinski definition) is 5. The predicted octanol–water partition coefficient (Wildman–Crippen LogP) is 3.92. The second-order valence-corrected chi connectivity index (χ2v) is 10.2. The zero-order valence-corrected chi connectivity index (χ0v) is 16.7. The van der Waals surface area contributed by atoms with Gasteiger partial charge >= 0.3 is 0 Å². The minimum atomic E-state index is -3.03. The zero-order chi connectivity index (χ0) is 18.3. The lowest BCUT2D eigenvalue weighted by molar-refractivity contribution is 0.601. The van der Waals surface area contributed by atoms with Gasteiger partial charge in [0, 0.05) is 16.5 Å². The number of amidine groups is 1. The van der Waals surface area contributed by atoms with Gasteiger partial charge in [-0.15, -0.1) is 0 Å². The van der Waals surface area contributed by atoms with Crippen molar-refractivity contribution >= 4 is 44.1 Å². The van der Waals surface area contributed by atoms with Crippen LogP contribution in [0.1, 0.15) is 11.1 Å². The highest BCUT2D eigenvalue weighted by molar-refractivity contribution is 8.13. The molecule has 7 heteroatoms. The summed E-state index contributed by atoms with van der Waals surface area (Å²) in [7, 11) is -3.03. The number of aliphatic imine (C=N–C) groups is 1. The highest BCUT2D eigenvalue weighted by Crippen LogP contribution is 2.36. The van der Waals surface area contributed by atoms with Crippen molar-refractivity contribution in [3.8, 4) is 0 Å². The molecule has 0 aromatic heterocycles. The van der Waals surface area contributed by atoms with Crippen LogP contribution in [0.2, 0.25) is 5.02 Å². The summed E-state index contributed by atoms with van der Waals surface area (Å²) < 4.78 is 24.2. The summed E-state index contributed by atoms with van der Waals surface area (Å²) in [5, 5.41) is 1.61. The summed E-state index contributed by atoms with van der Waals surface area (Å²) in [6.07, 6.45) is 0. The van der Waals surface area contributed by atoms with E-state index in [1.54, 1.807) is 11.8 Å². The first-order valence-electron chi connectivity index (χ1n) is 8.43. The number of benzene rings is 2. The quantitative estimate of drug-likeness (QED) is 0.775. The minimum Gasteiger partial charge on any atom is -0.315 e. The lowest BCUT2D eigenvalue weighted by Gasteiger charge is -2.26. The molecule has 1 saturated heterocycles. The monoisotopic (exact) mass is 406 g/mol. The molecule has 2 aromatic carbocycles. The molecule has 0 spiro atoms. The van der Waals surface area contributed by atoms with Crippen molar-refractivity contribution in [2.24, 2.45) is 4.99 Å². The maximum Gasteiger partial charge on any atom is 0.164 e. The molecule has 2 atom stereocenters. The fraction of sp³-hybridized carbons (Fsp3) is 0.316. The third-order valence-corrected chi connectivity index (χ3v) is 7.82. The van der Waals surface area contributed by atoms with Crippen LogP contribution in [0.15, 0.2) is 53.5 Å². The molecule has 136 valence electrons. The Hall–Kier alpha value is -1.50. The number of hydrogen-bond donors (Lipinski definition) is 0. The van der Waals surface area contributed by atoms with E-state index in [1.807, 2.05) is 55.5 Å². The molecule has 0 saturated carbocycles. The molecule has 2 aliphatic rings. The first-order valence-corrected chi connectivity index (χ1v) is 11.6. The Kier molecular flexibility index (Phi) is 4.75. The SMILES string of the molecule is Cc1ccc(N2C(SCc3ccccc3Cl)=N[C@@H]3CS(=O)(=O)C[C@H]32)cc1. The maximum atomic E-state index is 12.1. The van der Waals surface area contributed by atoms with E-state index in [2.05, 4.69) is 4.90 Å². The first kappa shape index (κ1) is 17.9. The van der Waals surface area contributed by atoms with E-state index in [4.69, 9.17) is 16.6 Å². The Morgan fingerprint density at radius 1 is 1.15 bits per heavy atom. The lowest BCUT2D eigenvalue weighted by atomic mass is 10.1. The van der Waals surface area contributed by atoms with Gasteiger partial charge in [0.1, 0.15) is 0 Å². The molecule has 26 heavy (non-hydrogen) atoms. The van der Waals surface area contributed by atoms with Crippen LogP contribution >= 0.6 is 23.4 Å². The van der Waals surface area contributed by atoms with Crippen LogP contribution in [-0.4, -0.2) is 37.2 Å². The largest absolute Gasteiger partial charge is 0.315 e. The van der Waals surface area contributed by atoms with Crippen LogP contribution in [0.25, 0.3) is 0 Å². The van der Waals surface area contributed by atoms with Gasteiger partial charge in [0.05, 0.1) is 23.6 Å². The van der Waals surface area contributed by atoms with Crippen molar-refractivity contribution in [3.63, 3.8) is 0 Å². The summed E-state index contributed by atoms with van der Waals surface area (Å²) in [5.74, 6) is 0.994.